The standard InChI is InChI=1S/C8H17NO3S/c1-8(10)4-6-9-5-2-3-7-13(9,11)12/h8,10H,2-7H2,1H3. The van der Waals surface area contributed by atoms with Crippen LogP contribution < -0.4 is 0 Å². The quantitative estimate of drug-likeness (QED) is 0.718. The van der Waals surface area contributed by atoms with Crippen molar-refractivity contribution < 1.29 is 13.5 Å². The highest BCUT2D eigenvalue weighted by Gasteiger charge is 2.25. The molecule has 4 nitrogen and oxygen atoms in total. The Balaban J connectivity index is 2.47. The van der Waals surface area contributed by atoms with Crippen molar-refractivity contribution in [3.8, 4) is 0 Å². The summed E-state index contributed by atoms with van der Waals surface area (Å²) < 4.78 is 24.4. The van der Waals surface area contributed by atoms with Crippen LogP contribution >= 0.6 is 0 Å². The van der Waals surface area contributed by atoms with Crippen LogP contribution in [0.2, 0.25) is 0 Å². The number of sulfonamides is 1. The molecule has 1 rings (SSSR count). The number of aliphatic hydroxyl groups is 1. The maximum absolute atomic E-state index is 11.4. The minimum absolute atomic E-state index is 0.271. The molecule has 0 aliphatic carbocycles. The van der Waals surface area contributed by atoms with E-state index in [0.29, 0.717) is 19.5 Å². The minimum atomic E-state index is -3.00. The monoisotopic (exact) mass is 207 g/mol. The third kappa shape index (κ3) is 3.25. The molecule has 1 fully saturated rings. The molecule has 1 heterocycles. The number of nitrogens with zero attached hydrogens (tertiary/aromatic N) is 1. The smallest absolute Gasteiger partial charge is 0.214 e. The van der Waals surface area contributed by atoms with Gasteiger partial charge in [-0.1, -0.05) is 0 Å². The predicted octanol–water partition coefficient (Wildman–Crippen LogP) is 0.183. The van der Waals surface area contributed by atoms with E-state index in [9.17, 15) is 8.42 Å². The Kier molecular flexibility index (Phi) is 3.70. The Hall–Kier alpha value is -0.130. The second kappa shape index (κ2) is 4.39. The lowest BCUT2D eigenvalue weighted by Gasteiger charge is -2.26. The van der Waals surface area contributed by atoms with Gasteiger partial charge in [-0.25, -0.2) is 12.7 Å². The fraction of sp³-hybridized carbons (Fsp3) is 1.00. The Morgan fingerprint density at radius 3 is 2.69 bits per heavy atom. The molecule has 0 bridgehead atoms. The first-order valence-corrected chi connectivity index (χ1v) is 6.29. The van der Waals surface area contributed by atoms with Gasteiger partial charge in [0.25, 0.3) is 0 Å². The van der Waals surface area contributed by atoms with Crippen molar-refractivity contribution in [1.29, 1.82) is 0 Å². The molecule has 0 aromatic carbocycles. The summed E-state index contributed by atoms with van der Waals surface area (Å²) in [6, 6.07) is 0. The summed E-state index contributed by atoms with van der Waals surface area (Å²) in [5, 5.41) is 9.03. The van der Waals surface area contributed by atoms with Crippen LogP contribution in [-0.2, 0) is 10.0 Å². The maximum atomic E-state index is 11.4. The van der Waals surface area contributed by atoms with Gasteiger partial charge in [-0.05, 0) is 26.2 Å². The molecule has 1 aliphatic heterocycles. The van der Waals surface area contributed by atoms with E-state index in [1.54, 1.807) is 6.92 Å². The molecule has 1 aliphatic rings. The fourth-order valence-corrected chi connectivity index (χ4v) is 3.04. The van der Waals surface area contributed by atoms with Crippen LogP contribution in [0.25, 0.3) is 0 Å². The second-order valence-corrected chi connectivity index (χ2v) is 5.65. The van der Waals surface area contributed by atoms with E-state index in [0.717, 1.165) is 12.8 Å². The van der Waals surface area contributed by atoms with Crippen molar-refractivity contribution in [3.05, 3.63) is 0 Å². The van der Waals surface area contributed by atoms with Crippen LogP contribution in [-0.4, -0.2) is 42.8 Å². The number of hydrogen-bond donors (Lipinski definition) is 1. The molecule has 1 unspecified atom stereocenters. The molecule has 0 spiro atoms. The average Bonchev–Trinajstić information content (AvgIpc) is 2.01. The van der Waals surface area contributed by atoms with Gasteiger partial charge in [0.15, 0.2) is 0 Å². The zero-order chi connectivity index (χ0) is 9.90. The molecule has 0 aromatic heterocycles. The van der Waals surface area contributed by atoms with E-state index in [2.05, 4.69) is 0 Å². The summed E-state index contributed by atoms with van der Waals surface area (Å²) in [5.41, 5.74) is 0. The molecular formula is C8H17NO3S. The van der Waals surface area contributed by atoms with Gasteiger partial charge in [-0.3, -0.25) is 0 Å². The lowest BCUT2D eigenvalue weighted by atomic mass is 10.3. The van der Waals surface area contributed by atoms with Gasteiger partial charge in [0.2, 0.25) is 10.0 Å². The van der Waals surface area contributed by atoms with Crippen LogP contribution in [0.4, 0.5) is 0 Å². The van der Waals surface area contributed by atoms with Crippen LogP contribution in [0.1, 0.15) is 26.2 Å². The van der Waals surface area contributed by atoms with E-state index >= 15 is 0 Å². The van der Waals surface area contributed by atoms with E-state index < -0.39 is 16.1 Å². The third-order valence-corrected chi connectivity index (χ3v) is 4.21. The second-order valence-electron chi connectivity index (χ2n) is 3.56. The normalized spacial score (nSPS) is 25.7. The van der Waals surface area contributed by atoms with Crippen molar-refractivity contribution in [2.75, 3.05) is 18.8 Å². The summed E-state index contributed by atoms with van der Waals surface area (Å²) in [4.78, 5) is 0. The topological polar surface area (TPSA) is 57.6 Å². The third-order valence-electron chi connectivity index (χ3n) is 2.25. The van der Waals surface area contributed by atoms with E-state index in [-0.39, 0.29) is 5.75 Å². The summed E-state index contributed by atoms with van der Waals surface area (Å²) in [5.74, 6) is 0.271. The average molecular weight is 207 g/mol. The molecule has 5 heteroatoms. The zero-order valence-electron chi connectivity index (χ0n) is 7.94. The zero-order valence-corrected chi connectivity index (χ0v) is 8.76. The molecular weight excluding hydrogens is 190 g/mol. The summed E-state index contributed by atoms with van der Waals surface area (Å²) in [6.07, 6.45) is 1.82. The first kappa shape index (κ1) is 10.9. The van der Waals surface area contributed by atoms with E-state index in [4.69, 9.17) is 5.11 Å². The van der Waals surface area contributed by atoms with Crippen molar-refractivity contribution >= 4 is 10.0 Å². The number of aliphatic hydroxyl groups excluding tert-OH is 1. The van der Waals surface area contributed by atoms with Crippen LogP contribution in [0, 0.1) is 0 Å². The van der Waals surface area contributed by atoms with Gasteiger partial charge in [0.05, 0.1) is 11.9 Å². The summed E-state index contributed by atoms with van der Waals surface area (Å²) >= 11 is 0. The fourth-order valence-electron chi connectivity index (χ4n) is 1.42. The molecule has 0 radical (unpaired) electrons. The Bertz CT molecular complexity index is 248. The summed E-state index contributed by atoms with van der Waals surface area (Å²) in [7, 11) is -3.00. The maximum Gasteiger partial charge on any atom is 0.214 e. The van der Waals surface area contributed by atoms with Crippen molar-refractivity contribution in [2.24, 2.45) is 0 Å². The van der Waals surface area contributed by atoms with Gasteiger partial charge < -0.3 is 5.11 Å². The van der Waals surface area contributed by atoms with Gasteiger partial charge in [0.1, 0.15) is 0 Å². The highest BCUT2D eigenvalue weighted by atomic mass is 32.2. The lowest BCUT2D eigenvalue weighted by molar-refractivity contribution is 0.173. The largest absolute Gasteiger partial charge is 0.393 e. The van der Waals surface area contributed by atoms with E-state index in [1.165, 1.54) is 4.31 Å². The van der Waals surface area contributed by atoms with E-state index in [1.807, 2.05) is 0 Å². The van der Waals surface area contributed by atoms with Gasteiger partial charge in [0, 0.05) is 13.1 Å². The molecule has 1 saturated heterocycles. The van der Waals surface area contributed by atoms with Gasteiger partial charge in [-0.15, -0.1) is 0 Å². The minimum Gasteiger partial charge on any atom is -0.393 e. The van der Waals surface area contributed by atoms with Gasteiger partial charge >= 0.3 is 0 Å². The Morgan fingerprint density at radius 2 is 2.15 bits per heavy atom. The molecule has 78 valence electrons. The Morgan fingerprint density at radius 1 is 1.46 bits per heavy atom. The predicted molar refractivity (Wildman–Crippen MR) is 50.9 cm³/mol. The SMILES string of the molecule is CC(O)CCN1CCCCS1(=O)=O. The number of hydrogen-bond acceptors (Lipinski definition) is 3. The molecule has 0 saturated carbocycles. The first-order valence-electron chi connectivity index (χ1n) is 4.68. The molecule has 1 atom stereocenters. The number of rotatable bonds is 3. The highest BCUT2D eigenvalue weighted by Crippen LogP contribution is 2.13. The lowest BCUT2D eigenvalue weighted by Crippen LogP contribution is -2.39. The van der Waals surface area contributed by atoms with Crippen LogP contribution in [0.15, 0.2) is 0 Å². The molecule has 0 aromatic rings. The van der Waals surface area contributed by atoms with Crippen molar-refractivity contribution in [3.63, 3.8) is 0 Å². The summed E-state index contributed by atoms with van der Waals surface area (Å²) in [6.45, 7) is 2.76. The van der Waals surface area contributed by atoms with Crippen LogP contribution in [0.3, 0.4) is 0 Å². The van der Waals surface area contributed by atoms with Gasteiger partial charge in [-0.2, -0.15) is 0 Å². The van der Waals surface area contributed by atoms with Crippen molar-refractivity contribution in [1.82, 2.24) is 4.31 Å². The Labute approximate surface area is 79.6 Å². The first-order chi connectivity index (χ1) is 6.02. The van der Waals surface area contributed by atoms with Crippen LogP contribution in [0.5, 0.6) is 0 Å². The molecule has 0 amide bonds. The highest BCUT2D eigenvalue weighted by molar-refractivity contribution is 7.89. The van der Waals surface area contributed by atoms with Crippen molar-refractivity contribution in [2.45, 2.75) is 32.3 Å². The molecule has 1 N–H and O–H groups in total. The molecule has 13 heavy (non-hydrogen) atoms.